The van der Waals surface area contributed by atoms with Gasteiger partial charge in [-0.25, -0.2) is 9.97 Å². The van der Waals surface area contributed by atoms with E-state index >= 15 is 0 Å². The quantitative estimate of drug-likeness (QED) is 0.861. The van der Waals surface area contributed by atoms with Crippen LogP contribution in [0.5, 0.6) is 5.75 Å². The van der Waals surface area contributed by atoms with E-state index in [0.717, 1.165) is 27.0 Å². The first kappa shape index (κ1) is 13.1. The second-order valence-electron chi connectivity index (χ2n) is 3.78. The highest BCUT2D eigenvalue weighted by molar-refractivity contribution is 14.1. The van der Waals surface area contributed by atoms with Gasteiger partial charge >= 0.3 is 0 Å². The van der Waals surface area contributed by atoms with Crippen molar-refractivity contribution in [2.45, 2.75) is 13.3 Å². The summed E-state index contributed by atoms with van der Waals surface area (Å²) in [7, 11) is 1.64. The summed E-state index contributed by atoms with van der Waals surface area (Å²) in [6.07, 6.45) is 0.841. The lowest BCUT2D eigenvalue weighted by Crippen LogP contribution is -2.04. The maximum absolute atomic E-state index is 5.91. The molecule has 0 fully saturated rings. The van der Waals surface area contributed by atoms with Gasteiger partial charge < -0.3 is 10.5 Å². The average molecular weight is 355 g/mol. The van der Waals surface area contributed by atoms with Crippen molar-refractivity contribution in [3.05, 3.63) is 33.5 Å². The number of methoxy groups -OCH3 is 1. The molecule has 0 spiro atoms. The highest BCUT2D eigenvalue weighted by atomic mass is 127. The van der Waals surface area contributed by atoms with Gasteiger partial charge in [0.05, 0.1) is 16.4 Å². The lowest BCUT2D eigenvalue weighted by Gasteiger charge is -2.08. The molecular formula is C13H14IN3O. The highest BCUT2D eigenvalue weighted by Gasteiger charge is 2.10. The molecule has 0 saturated heterocycles. The van der Waals surface area contributed by atoms with Crippen molar-refractivity contribution in [1.82, 2.24) is 9.97 Å². The van der Waals surface area contributed by atoms with E-state index in [1.807, 2.05) is 24.3 Å². The number of hydrogen-bond acceptors (Lipinski definition) is 4. The molecular weight excluding hydrogens is 341 g/mol. The molecule has 94 valence electrons. The zero-order valence-electron chi connectivity index (χ0n) is 10.3. The third kappa shape index (κ3) is 2.55. The van der Waals surface area contributed by atoms with E-state index in [2.05, 4.69) is 39.5 Å². The average Bonchev–Trinajstić information content (AvgIpc) is 2.42. The zero-order chi connectivity index (χ0) is 13.1. The van der Waals surface area contributed by atoms with Crippen LogP contribution in [-0.4, -0.2) is 17.1 Å². The number of nitrogens with zero attached hydrogens (tertiary/aromatic N) is 2. The van der Waals surface area contributed by atoms with E-state index in [-0.39, 0.29) is 0 Å². The molecule has 2 rings (SSSR count). The molecule has 2 N–H and O–H groups in total. The Bertz CT molecular complexity index is 555. The maximum atomic E-state index is 5.91. The van der Waals surface area contributed by atoms with Crippen LogP contribution in [0.2, 0.25) is 0 Å². The van der Waals surface area contributed by atoms with E-state index in [1.54, 1.807) is 7.11 Å². The van der Waals surface area contributed by atoms with Gasteiger partial charge in [0, 0.05) is 5.56 Å². The van der Waals surface area contributed by atoms with Crippen LogP contribution in [0.25, 0.3) is 11.4 Å². The Morgan fingerprint density at radius 3 is 2.44 bits per heavy atom. The van der Waals surface area contributed by atoms with Crippen molar-refractivity contribution in [1.29, 1.82) is 0 Å². The fourth-order valence-electron chi connectivity index (χ4n) is 1.62. The maximum Gasteiger partial charge on any atom is 0.161 e. The van der Waals surface area contributed by atoms with Gasteiger partial charge in [-0.1, -0.05) is 6.92 Å². The summed E-state index contributed by atoms with van der Waals surface area (Å²) >= 11 is 2.18. The largest absolute Gasteiger partial charge is 0.497 e. The van der Waals surface area contributed by atoms with Crippen LogP contribution < -0.4 is 10.5 Å². The molecule has 1 heterocycles. The van der Waals surface area contributed by atoms with Gasteiger partial charge in [0.15, 0.2) is 5.82 Å². The second kappa shape index (κ2) is 5.51. The van der Waals surface area contributed by atoms with Gasteiger partial charge in [-0.05, 0) is 53.3 Å². The molecule has 0 bridgehead atoms. The lowest BCUT2D eigenvalue weighted by atomic mass is 10.2. The van der Waals surface area contributed by atoms with Crippen molar-refractivity contribution in [2.75, 3.05) is 12.8 Å². The minimum atomic E-state index is 0.535. The summed E-state index contributed by atoms with van der Waals surface area (Å²) < 4.78 is 6.06. The minimum absolute atomic E-state index is 0.535. The minimum Gasteiger partial charge on any atom is -0.497 e. The Kier molecular flexibility index (Phi) is 4.00. The molecule has 0 aliphatic rings. The summed E-state index contributed by atoms with van der Waals surface area (Å²) in [4.78, 5) is 8.86. The number of rotatable bonds is 3. The van der Waals surface area contributed by atoms with Gasteiger partial charge in [-0.15, -0.1) is 0 Å². The summed E-state index contributed by atoms with van der Waals surface area (Å²) in [6, 6.07) is 7.64. The number of benzene rings is 1. The van der Waals surface area contributed by atoms with Crippen molar-refractivity contribution in [3.63, 3.8) is 0 Å². The Morgan fingerprint density at radius 1 is 1.22 bits per heavy atom. The fourth-order valence-corrected chi connectivity index (χ4v) is 2.24. The van der Waals surface area contributed by atoms with Crippen molar-refractivity contribution in [3.8, 4) is 17.1 Å². The van der Waals surface area contributed by atoms with Crippen molar-refractivity contribution < 1.29 is 4.74 Å². The smallest absolute Gasteiger partial charge is 0.161 e. The van der Waals surface area contributed by atoms with Crippen LogP contribution in [0.3, 0.4) is 0 Å². The first-order chi connectivity index (χ1) is 8.65. The standard InChI is InChI=1S/C13H14IN3O/c1-3-10-11(14)12(15)17-13(16-10)8-4-6-9(18-2)7-5-8/h4-7H,3H2,1-2H3,(H2,15,16,17). The Morgan fingerprint density at radius 2 is 1.89 bits per heavy atom. The molecule has 18 heavy (non-hydrogen) atoms. The van der Waals surface area contributed by atoms with Crippen LogP contribution in [0.1, 0.15) is 12.6 Å². The molecule has 0 aliphatic carbocycles. The predicted molar refractivity (Wildman–Crippen MR) is 80.5 cm³/mol. The van der Waals surface area contributed by atoms with E-state index in [1.165, 1.54) is 0 Å². The number of ether oxygens (including phenoxy) is 1. The molecule has 0 amide bonds. The monoisotopic (exact) mass is 355 g/mol. The van der Waals surface area contributed by atoms with Crippen LogP contribution in [0.4, 0.5) is 5.82 Å². The SMILES string of the molecule is CCc1nc(-c2ccc(OC)cc2)nc(N)c1I. The number of halogens is 1. The third-order valence-electron chi connectivity index (χ3n) is 2.63. The van der Waals surface area contributed by atoms with Gasteiger partial charge in [0.2, 0.25) is 0 Å². The highest BCUT2D eigenvalue weighted by Crippen LogP contribution is 2.24. The first-order valence-corrected chi connectivity index (χ1v) is 6.70. The van der Waals surface area contributed by atoms with Gasteiger partial charge in [0.1, 0.15) is 11.6 Å². The number of hydrogen-bond donors (Lipinski definition) is 1. The number of nitrogen functional groups attached to an aromatic ring is 1. The van der Waals surface area contributed by atoms with Crippen molar-refractivity contribution in [2.24, 2.45) is 0 Å². The molecule has 0 radical (unpaired) electrons. The summed E-state index contributed by atoms with van der Waals surface area (Å²) in [6.45, 7) is 2.06. The number of anilines is 1. The Labute approximate surface area is 120 Å². The normalized spacial score (nSPS) is 10.4. The van der Waals surface area contributed by atoms with Gasteiger partial charge in [-0.3, -0.25) is 0 Å². The molecule has 4 nitrogen and oxygen atoms in total. The van der Waals surface area contributed by atoms with E-state index in [9.17, 15) is 0 Å². The molecule has 0 saturated carbocycles. The molecule has 1 aromatic heterocycles. The lowest BCUT2D eigenvalue weighted by molar-refractivity contribution is 0.415. The van der Waals surface area contributed by atoms with E-state index in [0.29, 0.717) is 11.6 Å². The van der Waals surface area contributed by atoms with Crippen LogP contribution >= 0.6 is 22.6 Å². The zero-order valence-corrected chi connectivity index (χ0v) is 12.4. The topological polar surface area (TPSA) is 61.0 Å². The van der Waals surface area contributed by atoms with Crippen LogP contribution in [-0.2, 0) is 6.42 Å². The fraction of sp³-hybridized carbons (Fsp3) is 0.231. The van der Waals surface area contributed by atoms with Gasteiger partial charge in [0.25, 0.3) is 0 Å². The summed E-state index contributed by atoms with van der Waals surface area (Å²) in [5.74, 6) is 2.01. The molecule has 5 heteroatoms. The molecule has 0 unspecified atom stereocenters. The first-order valence-electron chi connectivity index (χ1n) is 5.62. The van der Waals surface area contributed by atoms with E-state index < -0.39 is 0 Å². The van der Waals surface area contributed by atoms with Crippen LogP contribution in [0.15, 0.2) is 24.3 Å². The predicted octanol–water partition coefficient (Wildman–Crippen LogP) is 2.90. The number of nitrogens with two attached hydrogens (primary N) is 1. The second-order valence-corrected chi connectivity index (χ2v) is 4.85. The molecule has 2 aromatic rings. The van der Waals surface area contributed by atoms with Gasteiger partial charge in [-0.2, -0.15) is 0 Å². The summed E-state index contributed by atoms with van der Waals surface area (Å²) in [5.41, 5.74) is 7.83. The summed E-state index contributed by atoms with van der Waals surface area (Å²) in [5, 5.41) is 0. The third-order valence-corrected chi connectivity index (χ3v) is 3.80. The Hall–Kier alpha value is -1.37. The Balaban J connectivity index is 2.46. The molecule has 0 atom stereocenters. The molecule has 0 aliphatic heterocycles. The number of aryl methyl sites for hydroxylation is 1. The molecule has 1 aromatic carbocycles. The van der Waals surface area contributed by atoms with Crippen molar-refractivity contribution >= 4 is 28.4 Å². The van der Waals surface area contributed by atoms with E-state index in [4.69, 9.17) is 10.5 Å². The van der Waals surface area contributed by atoms with Crippen LogP contribution in [0, 0.1) is 3.57 Å². The number of aromatic nitrogens is 2.